The Morgan fingerprint density at radius 3 is 2.56 bits per heavy atom. The van der Waals surface area contributed by atoms with Gasteiger partial charge >= 0.3 is 0 Å². The lowest BCUT2D eigenvalue weighted by Gasteiger charge is -2.41. The van der Waals surface area contributed by atoms with Gasteiger partial charge in [0.15, 0.2) is 0 Å². The van der Waals surface area contributed by atoms with Crippen LogP contribution in [0.3, 0.4) is 0 Å². The summed E-state index contributed by atoms with van der Waals surface area (Å²) in [6, 6.07) is 0. The molecule has 1 saturated carbocycles. The minimum absolute atomic E-state index is 0.109. The number of ether oxygens (including phenoxy) is 1. The quantitative estimate of drug-likeness (QED) is 0.707. The molecule has 1 rings (SSSR count). The monoisotopic (exact) mass is 228 g/mol. The van der Waals surface area contributed by atoms with Crippen LogP contribution < -0.4 is 5.73 Å². The number of rotatable bonds is 7. The maximum Gasteiger partial charge on any atom is 0.223 e. The normalized spacial score (nSPS) is 17.9. The zero-order valence-electron chi connectivity index (χ0n) is 10.5. The molecule has 94 valence electrons. The third-order valence-electron chi connectivity index (χ3n) is 3.67. The van der Waals surface area contributed by atoms with Crippen molar-refractivity contribution in [1.29, 1.82) is 0 Å². The Balaban J connectivity index is 2.42. The molecule has 0 aromatic carbocycles. The average molecular weight is 228 g/mol. The lowest BCUT2D eigenvalue weighted by molar-refractivity contribution is -0.135. The van der Waals surface area contributed by atoms with Crippen molar-refractivity contribution in [2.24, 2.45) is 11.1 Å². The Hall–Kier alpha value is -0.610. The highest BCUT2D eigenvalue weighted by Crippen LogP contribution is 2.43. The summed E-state index contributed by atoms with van der Waals surface area (Å²) in [5, 5.41) is 0. The van der Waals surface area contributed by atoms with Crippen molar-refractivity contribution >= 4 is 5.91 Å². The summed E-state index contributed by atoms with van der Waals surface area (Å²) >= 11 is 0. The van der Waals surface area contributed by atoms with Crippen molar-refractivity contribution in [3.05, 3.63) is 0 Å². The molecule has 4 nitrogen and oxygen atoms in total. The van der Waals surface area contributed by atoms with Gasteiger partial charge in [0.2, 0.25) is 5.91 Å². The fraction of sp³-hybridized carbons (Fsp3) is 0.917. The number of likely N-dealkylation sites (N-methyl/N-ethyl adjacent to an activating group) is 1. The molecule has 16 heavy (non-hydrogen) atoms. The molecular formula is C12H24N2O2. The molecule has 0 aromatic heterocycles. The van der Waals surface area contributed by atoms with E-state index < -0.39 is 0 Å². The van der Waals surface area contributed by atoms with Crippen molar-refractivity contribution in [3.63, 3.8) is 0 Å². The van der Waals surface area contributed by atoms with E-state index in [1.54, 1.807) is 7.11 Å². The van der Waals surface area contributed by atoms with Gasteiger partial charge in [-0.3, -0.25) is 4.79 Å². The molecule has 1 fully saturated rings. The Morgan fingerprint density at radius 2 is 2.19 bits per heavy atom. The molecule has 0 saturated heterocycles. The maximum absolute atomic E-state index is 12.1. The average Bonchev–Trinajstić information content (AvgIpc) is 2.24. The van der Waals surface area contributed by atoms with Crippen LogP contribution in [0.5, 0.6) is 0 Å². The number of amides is 1. The third-order valence-corrected chi connectivity index (χ3v) is 3.67. The second-order valence-corrected chi connectivity index (χ2v) is 4.70. The number of carbonyl (C=O) groups is 1. The van der Waals surface area contributed by atoms with E-state index in [4.69, 9.17) is 10.5 Å². The minimum atomic E-state index is 0.109. The number of methoxy groups -OCH3 is 1. The lowest BCUT2D eigenvalue weighted by atomic mass is 9.66. The Labute approximate surface area is 98.1 Å². The summed E-state index contributed by atoms with van der Waals surface area (Å²) in [6.45, 7) is 4.69. The molecule has 0 heterocycles. The first kappa shape index (κ1) is 13.5. The topological polar surface area (TPSA) is 55.6 Å². The molecule has 0 aliphatic heterocycles. The van der Waals surface area contributed by atoms with Crippen LogP contribution in [0.2, 0.25) is 0 Å². The van der Waals surface area contributed by atoms with Gasteiger partial charge in [0, 0.05) is 26.6 Å². The van der Waals surface area contributed by atoms with Gasteiger partial charge in [0.25, 0.3) is 0 Å². The third kappa shape index (κ3) is 3.19. The van der Waals surface area contributed by atoms with Gasteiger partial charge in [-0.25, -0.2) is 0 Å². The molecule has 1 aliphatic carbocycles. The Morgan fingerprint density at radius 1 is 1.50 bits per heavy atom. The van der Waals surface area contributed by atoms with Crippen LogP contribution in [0.4, 0.5) is 0 Å². The SMILES string of the molecule is CCN(CCOC)C(=O)CC1(CN)CCC1. The van der Waals surface area contributed by atoms with Crippen LogP contribution in [0.1, 0.15) is 32.6 Å². The van der Waals surface area contributed by atoms with Gasteiger partial charge < -0.3 is 15.4 Å². The largest absolute Gasteiger partial charge is 0.383 e. The van der Waals surface area contributed by atoms with Crippen molar-refractivity contribution in [1.82, 2.24) is 4.90 Å². The summed E-state index contributed by atoms with van der Waals surface area (Å²) in [5.74, 6) is 0.227. The number of nitrogens with two attached hydrogens (primary N) is 1. The number of nitrogens with zero attached hydrogens (tertiary/aromatic N) is 1. The van der Waals surface area contributed by atoms with Gasteiger partial charge in [-0.2, -0.15) is 0 Å². The number of carbonyl (C=O) groups excluding carboxylic acids is 1. The van der Waals surface area contributed by atoms with Crippen molar-refractivity contribution in [3.8, 4) is 0 Å². The van der Waals surface area contributed by atoms with E-state index in [0.29, 0.717) is 26.1 Å². The lowest BCUT2D eigenvalue weighted by Crippen LogP contribution is -2.44. The first-order valence-electron chi connectivity index (χ1n) is 6.14. The molecule has 0 unspecified atom stereocenters. The Bertz CT molecular complexity index is 222. The molecule has 2 N–H and O–H groups in total. The van der Waals surface area contributed by atoms with Gasteiger partial charge in [0.05, 0.1) is 6.61 Å². The first-order chi connectivity index (χ1) is 7.67. The molecule has 4 heteroatoms. The van der Waals surface area contributed by atoms with Crippen LogP contribution in [-0.2, 0) is 9.53 Å². The van der Waals surface area contributed by atoms with E-state index in [-0.39, 0.29) is 11.3 Å². The fourth-order valence-electron chi connectivity index (χ4n) is 2.22. The van der Waals surface area contributed by atoms with Crippen molar-refractivity contribution < 1.29 is 9.53 Å². The van der Waals surface area contributed by atoms with Gasteiger partial charge in [-0.05, 0) is 31.7 Å². The molecule has 1 aliphatic rings. The number of hydrogen-bond donors (Lipinski definition) is 1. The molecule has 0 aromatic rings. The van der Waals surface area contributed by atoms with Crippen LogP contribution >= 0.6 is 0 Å². The van der Waals surface area contributed by atoms with Gasteiger partial charge in [-0.15, -0.1) is 0 Å². The maximum atomic E-state index is 12.1. The van der Waals surface area contributed by atoms with Crippen LogP contribution in [0, 0.1) is 5.41 Å². The predicted molar refractivity (Wildman–Crippen MR) is 64.1 cm³/mol. The van der Waals surface area contributed by atoms with Crippen molar-refractivity contribution in [2.75, 3.05) is 33.4 Å². The summed E-state index contributed by atoms with van der Waals surface area (Å²) in [6.07, 6.45) is 4.05. The smallest absolute Gasteiger partial charge is 0.223 e. The molecular weight excluding hydrogens is 204 g/mol. The highest BCUT2D eigenvalue weighted by molar-refractivity contribution is 5.77. The molecule has 0 spiro atoms. The van der Waals surface area contributed by atoms with Crippen LogP contribution in [0.15, 0.2) is 0 Å². The fourth-order valence-corrected chi connectivity index (χ4v) is 2.22. The zero-order chi connectivity index (χ0) is 12.0. The van der Waals surface area contributed by atoms with E-state index in [0.717, 1.165) is 19.4 Å². The van der Waals surface area contributed by atoms with Crippen LogP contribution in [-0.4, -0.2) is 44.2 Å². The summed E-state index contributed by atoms with van der Waals surface area (Å²) < 4.78 is 5.00. The molecule has 0 bridgehead atoms. The first-order valence-corrected chi connectivity index (χ1v) is 6.14. The van der Waals surface area contributed by atoms with Crippen molar-refractivity contribution in [2.45, 2.75) is 32.6 Å². The van der Waals surface area contributed by atoms with E-state index in [9.17, 15) is 4.79 Å². The van der Waals surface area contributed by atoms with E-state index in [2.05, 4.69) is 0 Å². The molecule has 0 atom stereocenters. The second-order valence-electron chi connectivity index (χ2n) is 4.70. The summed E-state index contributed by atoms with van der Waals surface area (Å²) in [4.78, 5) is 13.9. The summed E-state index contributed by atoms with van der Waals surface area (Å²) in [5.41, 5.74) is 5.87. The van der Waals surface area contributed by atoms with E-state index in [1.165, 1.54) is 6.42 Å². The highest BCUT2D eigenvalue weighted by Gasteiger charge is 2.38. The second kappa shape index (κ2) is 6.21. The zero-order valence-corrected chi connectivity index (χ0v) is 10.5. The standard InChI is InChI=1S/C12H24N2O2/c1-3-14(7-8-16-2)11(15)9-12(10-13)5-4-6-12/h3-10,13H2,1-2H3. The molecule has 0 radical (unpaired) electrons. The number of hydrogen-bond acceptors (Lipinski definition) is 3. The van der Waals surface area contributed by atoms with Crippen LogP contribution in [0.25, 0.3) is 0 Å². The van der Waals surface area contributed by atoms with E-state index >= 15 is 0 Å². The minimum Gasteiger partial charge on any atom is -0.383 e. The predicted octanol–water partition coefficient (Wildman–Crippen LogP) is 1.00. The molecule has 1 amide bonds. The van der Waals surface area contributed by atoms with E-state index in [1.807, 2.05) is 11.8 Å². The summed E-state index contributed by atoms with van der Waals surface area (Å²) in [7, 11) is 1.66. The Kier molecular flexibility index (Phi) is 5.22. The van der Waals surface area contributed by atoms with Gasteiger partial charge in [0.1, 0.15) is 0 Å². The highest BCUT2D eigenvalue weighted by atomic mass is 16.5. The van der Waals surface area contributed by atoms with Gasteiger partial charge in [-0.1, -0.05) is 6.42 Å².